The van der Waals surface area contributed by atoms with E-state index in [4.69, 9.17) is 10.00 Å². The molecule has 0 unspecified atom stereocenters. The van der Waals surface area contributed by atoms with Gasteiger partial charge < -0.3 is 4.74 Å². The van der Waals surface area contributed by atoms with E-state index in [2.05, 4.69) is 0 Å². The lowest BCUT2D eigenvalue weighted by Crippen LogP contribution is -1.96. The molecule has 2 rings (SSSR count). The molecule has 21 heavy (non-hydrogen) atoms. The van der Waals surface area contributed by atoms with Crippen molar-refractivity contribution in [2.45, 2.75) is 6.92 Å². The lowest BCUT2D eigenvalue weighted by molar-refractivity contribution is 0.104. The molecule has 0 radical (unpaired) electrons. The second kappa shape index (κ2) is 7.06. The highest BCUT2D eigenvalue weighted by Gasteiger charge is 2.03. The van der Waals surface area contributed by atoms with Crippen LogP contribution in [0.2, 0.25) is 0 Å². The molecule has 3 heteroatoms. The fourth-order valence-corrected chi connectivity index (χ4v) is 1.84. The number of rotatable bonds is 5. The van der Waals surface area contributed by atoms with Crippen molar-refractivity contribution in [3.63, 3.8) is 0 Å². The number of hydrogen-bond acceptors (Lipinski definition) is 3. The fraction of sp³-hybridized carbons (Fsp3) is 0.111. The van der Waals surface area contributed by atoms with Crippen molar-refractivity contribution in [2.75, 3.05) is 6.61 Å². The molecule has 0 aliphatic heterocycles. The SMILES string of the molecule is Cc1ccc(C(=O)/C=C/c2ccccc2OCC#N)cc1. The first-order valence-electron chi connectivity index (χ1n) is 6.58. The maximum atomic E-state index is 12.1. The number of aryl methyl sites for hydroxylation is 1. The lowest BCUT2D eigenvalue weighted by Gasteiger charge is -2.05. The Kier molecular flexibility index (Phi) is 4.89. The van der Waals surface area contributed by atoms with Crippen LogP contribution in [0.5, 0.6) is 5.75 Å². The van der Waals surface area contributed by atoms with Gasteiger partial charge in [-0.05, 0) is 25.1 Å². The number of nitriles is 1. The largest absolute Gasteiger partial charge is 0.478 e. The third-order valence-electron chi connectivity index (χ3n) is 2.96. The molecular weight excluding hydrogens is 262 g/mol. The van der Waals surface area contributed by atoms with Gasteiger partial charge in [0.05, 0.1) is 0 Å². The van der Waals surface area contributed by atoms with Crippen LogP contribution in [0.3, 0.4) is 0 Å². The number of hydrogen-bond donors (Lipinski definition) is 0. The molecule has 0 heterocycles. The summed E-state index contributed by atoms with van der Waals surface area (Å²) in [5.74, 6) is 0.525. The van der Waals surface area contributed by atoms with Gasteiger partial charge in [0.2, 0.25) is 0 Å². The topological polar surface area (TPSA) is 50.1 Å². The van der Waals surface area contributed by atoms with E-state index in [0.717, 1.165) is 11.1 Å². The van der Waals surface area contributed by atoms with Crippen molar-refractivity contribution in [1.29, 1.82) is 5.26 Å². The van der Waals surface area contributed by atoms with Crippen LogP contribution < -0.4 is 4.74 Å². The Labute approximate surface area is 124 Å². The van der Waals surface area contributed by atoms with Crippen LogP contribution in [-0.2, 0) is 0 Å². The van der Waals surface area contributed by atoms with Gasteiger partial charge in [-0.15, -0.1) is 0 Å². The van der Waals surface area contributed by atoms with E-state index in [9.17, 15) is 4.79 Å². The van der Waals surface area contributed by atoms with E-state index in [0.29, 0.717) is 11.3 Å². The van der Waals surface area contributed by atoms with Gasteiger partial charge in [-0.2, -0.15) is 5.26 Å². The highest BCUT2D eigenvalue weighted by molar-refractivity contribution is 6.06. The molecule has 0 atom stereocenters. The molecular formula is C18H15NO2. The number of carbonyl (C=O) groups excluding carboxylic acids is 1. The second-order valence-electron chi connectivity index (χ2n) is 4.55. The molecule has 0 bridgehead atoms. The molecule has 0 aliphatic carbocycles. The summed E-state index contributed by atoms with van der Waals surface area (Å²) in [4.78, 5) is 12.1. The van der Waals surface area contributed by atoms with Gasteiger partial charge in [-0.3, -0.25) is 4.79 Å². The van der Waals surface area contributed by atoms with Crippen molar-refractivity contribution < 1.29 is 9.53 Å². The number of para-hydroxylation sites is 1. The van der Waals surface area contributed by atoms with Crippen molar-refractivity contribution in [3.05, 3.63) is 71.3 Å². The van der Waals surface area contributed by atoms with Gasteiger partial charge in [0, 0.05) is 11.1 Å². The molecule has 0 aromatic heterocycles. The van der Waals surface area contributed by atoms with E-state index in [1.54, 1.807) is 24.3 Å². The van der Waals surface area contributed by atoms with Crippen LogP contribution in [-0.4, -0.2) is 12.4 Å². The average molecular weight is 277 g/mol. The van der Waals surface area contributed by atoms with E-state index >= 15 is 0 Å². The number of nitrogens with zero attached hydrogens (tertiary/aromatic N) is 1. The smallest absolute Gasteiger partial charge is 0.185 e. The fourth-order valence-electron chi connectivity index (χ4n) is 1.84. The van der Waals surface area contributed by atoms with Crippen molar-refractivity contribution in [3.8, 4) is 11.8 Å². The summed E-state index contributed by atoms with van der Waals surface area (Å²) in [6.45, 7) is 1.96. The Balaban J connectivity index is 2.15. The molecule has 0 N–H and O–H groups in total. The Bertz CT molecular complexity index is 694. The Hall–Kier alpha value is -2.86. The van der Waals surface area contributed by atoms with Gasteiger partial charge >= 0.3 is 0 Å². The molecule has 0 saturated heterocycles. The number of carbonyl (C=O) groups is 1. The van der Waals surface area contributed by atoms with E-state index in [1.807, 2.05) is 43.3 Å². The van der Waals surface area contributed by atoms with Crippen molar-refractivity contribution in [1.82, 2.24) is 0 Å². The van der Waals surface area contributed by atoms with Gasteiger partial charge in [-0.1, -0.05) is 48.0 Å². The quantitative estimate of drug-likeness (QED) is 0.617. The molecule has 2 aromatic rings. The third-order valence-corrected chi connectivity index (χ3v) is 2.96. The lowest BCUT2D eigenvalue weighted by atomic mass is 10.1. The van der Waals surface area contributed by atoms with Crippen LogP contribution in [0.1, 0.15) is 21.5 Å². The van der Waals surface area contributed by atoms with Crippen LogP contribution in [0.15, 0.2) is 54.6 Å². The minimum Gasteiger partial charge on any atom is -0.478 e. The van der Waals surface area contributed by atoms with Crippen LogP contribution in [0, 0.1) is 18.3 Å². The summed E-state index contributed by atoms with van der Waals surface area (Å²) in [5, 5.41) is 8.56. The highest BCUT2D eigenvalue weighted by atomic mass is 16.5. The molecule has 0 aliphatic rings. The van der Waals surface area contributed by atoms with Gasteiger partial charge in [0.1, 0.15) is 11.8 Å². The number of allylic oxidation sites excluding steroid dienone is 1. The van der Waals surface area contributed by atoms with Gasteiger partial charge in [0.25, 0.3) is 0 Å². The monoisotopic (exact) mass is 277 g/mol. The highest BCUT2D eigenvalue weighted by Crippen LogP contribution is 2.19. The summed E-state index contributed by atoms with van der Waals surface area (Å²) in [5.41, 5.74) is 2.53. The Morgan fingerprint density at radius 1 is 1.19 bits per heavy atom. The number of ether oxygens (including phenoxy) is 1. The van der Waals surface area contributed by atoms with Crippen LogP contribution in [0.25, 0.3) is 6.08 Å². The van der Waals surface area contributed by atoms with Crippen LogP contribution in [0.4, 0.5) is 0 Å². The zero-order valence-electron chi connectivity index (χ0n) is 11.7. The maximum Gasteiger partial charge on any atom is 0.185 e. The molecule has 2 aromatic carbocycles. The summed E-state index contributed by atoms with van der Waals surface area (Å²) < 4.78 is 5.32. The van der Waals surface area contributed by atoms with E-state index < -0.39 is 0 Å². The summed E-state index contributed by atoms with van der Waals surface area (Å²) >= 11 is 0. The maximum absolute atomic E-state index is 12.1. The third kappa shape index (κ3) is 4.05. The molecule has 0 fully saturated rings. The average Bonchev–Trinajstić information content (AvgIpc) is 2.52. The standard InChI is InChI=1S/C18H15NO2/c1-14-6-8-15(9-7-14)17(20)11-10-16-4-2-3-5-18(16)21-13-12-19/h2-11H,13H2,1H3/b11-10+. The predicted molar refractivity (Wildman–Crippen MR) is 82.1 cm³/mol. The zero-order chi connectivity index (χ0) is 15.1. The first-order valence-corrected chi connectivity index (χ1v) is 6.58. The normalized spacial score (nSPS) is 10.3. The van der Waals surface area contributed by atoms with Crippen LogP contribution >= 0.6 is 0 Å². The summed E-state index contributed by atoms with van der Waals surface area (Å²) in [7, 11) is 0. The predicted octanol–water partition coefficient (Wildman–Crippen LogP) is 3.79. The zero-order valence-corrected chi connectivity index (χ0v) is 11.7. The second-order valence-corrected chi connectivity index (χ2v) is 4.55. The Morgan fingerprint density at radius 3 is 2.62 bits per heavy atom. The van der Waals surface area contributed by atoms with Gasteiger partial charge in [-0.25, -0.2) is 0 Å². The van der Waals surface area contributed by atoms with E-state index in [-0.39, 0.29) is 12.4 Å². The van der Waals surface area contributed by atoms with E-state index in [1.165, 1.54) is 6.08 Å². The van der Waals surface area contributed by atoms with Crippen molar-refractivity contribution in [2.24, 2.45) is 0 Å². The first kappa shape index (κ1) is 14.5. The summed E-state index contributed by atoms with van der Waals surface area (Å²) in [6.07, 6.45) is 3.22. The molecule has 0 saturated carbocycles. The number of benzene rings is 2. The minimum atomic E-state index is -0.0647. The Morgan fingerprint density at radius 2 is 1.90 bits per heavy atom. The molecule has 0 spiro atoms. The molecule has 3 nitrogen and oxygen atoms in total. The van der Waals surface area contributed by atoms with Crippen molar-refractivity contribution >= 4 is 11.9 Å². The number of ketones is 1. The summed E-state index contributed by atoms with van der Waals surface area (Å²) in [6, 6.07) is 16.6. The first-order chi connectivity index (χ1) is 10.2. The van der Waals surface area contributed by atoms with Gasteiger partial charge in [0.15, 0.2) is 12.4 Å². The molecule has 104 valence electrons. The molecule has 0 amide bonds. The minimum absolute atomic E-state index is 0.0171.